The van der Waals surface area contributed by atoms with Crippen LogP contribution in [0.5, 0.6) is 0 Å². The summed E-state index contributed by atoms with van der Waals surface area (Å²) in [7, 11) is 2.13. The van der Waals surface area contributed by atoms with Gasteiger partial charge >= 0.3 is 0 Å². The van der Waals surface area contributed by atoms with Crippen LogP contribution in [0.15, 0.2) is 17.5 Å². The number of aldehydes is 1. The van der Waals surface area contributed by atoms with Gasteiger partial charge < -0.3 is 9.69 Å². The topological polar surface area (TPSA) is 20.3 Å². The number of nitrogens with zero attached hydrogens (tertiary/aromatic N) is 1. The van der Waals surface area contributed by atoms with E-state index in [1.807, 2.05) is 0 Å². The van der Waals surface area contributed by atoms with Crippen molar-refractivity contribution in [2.24, 2.45) is 11.3 Å². The second kappa shape index (κ2) is 5.98. The van der Waals surface area contributed by atoms with Crippen LogP contribution < -0.4 is 0 Å². The highest BCUT2D eigenvalue weighted by Gasteiger charge is 2.35. The van der Waals surface area contributed by atoms with E-state index in [-0.39, 0.29) is 5.41 Å². The summed E-state index contributed by atoms with van der Waals surface area (Å²) in [6, 6.07) is 4.25. The third-order valence-electron chi connectivity index (χ3n) is 3.97. The first-order valence-corrected chi connectivity index (χ1v) is 7.69. The van der Waals surface area contributed by atoms with Crippen molar-refractivity contribution >= 4 is 17.6 Å². The lowest BCUT2D eigenvalue weighted by atomic mass is 9.71. The predicted molar refractivity (Wildman–Crippen MR) is 76.8 cm³/mol. The van der Waals surface area contributed by atoms with Gasteiger partial charge in [-0.25, -0.2) is 0 Å². The fourth-order valence-corrected chi connectivity index (χ4v) is 4.03. The van der Waals surface area contributed by atoms with Crippen molar-refractivity contribution in [2.45, 2.75) is 39.2 Å². The first kappa shape index (κ1) is 13.8. The number of rotatable bonds is 5. The Morgan fingerprint density at radius 1 is 1.61 bits per heavy atom. The zero-order chi connectivity index (χ0) is 13.0. The Kier molecular flexibility index (Phi) is 4.57. The molecule has 2 atom stereocenters. The third kappa shape index (κ3) is 3.42. The Hall–Kier alpha value is -0.670. The Bertz CT molecular complexity index is 376. The second-order valence-corrected chi connectivity index (χ2v) is 6.97. The van der Waals surface area contributed by atoms with Crippen LogP contribution >= 0.6 is 11.3 Å². The lowest BCUT2D eigenvalue weighted by molar-refractivity contribution is -0.119. The van der Waals surface area contributed by atoms with E-state index < -0.39 is 0 Å². The Balaban J connectivity index is 1.94. The van der Waals surface area contributed by atoms with Crippen molar-refractivity contribution in [1.29, 1.82) is 0 Å². The molecule has 0 amide bonds. The van der Waals surface area contributed by atoms with E-state index >= 15 is 0 Å². The maximum Gasteiger partial charge on any atom is 0.127 e. The van der Waals surface area contributed by atoms with Gasteiger partial charge in [-0.3, -0.25) is 0 Å². The molecular formula is C15H23NOS. The molecule has 3 heteroatoms. The Morgan fingerprint density at radius 2 is 2.44 bits per heavy atom. The SMILES string of the molecule is CC1CCCC(C=O)(CN(C)Cc2cccs2)C1. The van der Waals surface area contributed by atoms with Gasteiger partial charge in [-0.15, -0.1) is 11.3 Å². The molecule has 1 fully saturated rings. The van der Waals surface area contributed by atoms with Crippen LogP contribution in [0.2, 0.25) is 0 Å². The highest BCUT2D eigenvalue weighted by Crippen LogP contribution is 2.38. The highest BCUT2D eigenvalue weighted by molar-refractivity contribution is 7.09. The minimum absolute atomic E-state index is 0.0936. The largest absolute Gasteiger partial charge is 0.303 e. The number of hydrogen-bond acceptors (Lipinski definition) is 3. The third-order valence-corrected chi connectivity index (χ3v) is 4.83. The van der Waals surface area contributed by atoms with Gasteiger partial charge in [-0.2, -0.15) is 0 Å². The molecule has 0 saturated heterocycles. The summed E-state index contributed by atoms with van der Waals surface area (Å²) in [6.45, 7) is 4.14. The van der Waals surface area contributed by atoms with E-state index in [0.29, 0.717) is 5.92 Å². The molecule has 1 aromatic heterocycles. The first-order valence-electron chi connectivity index (χ1n) is 6.81. The predicted octanol–water partition coefficient (Wildman–Crippen LogP) is 3.58. The van der Waals surface area contributed by atoms with Crippen LogP contribution in [-0.4, -0.2) is 24.8 Å². The monoisotopic (exact) mass is 265 g/mol. The van der Waals surface area contributed by atoms with Crippen molar-refractivity contribution in [2.75, 3.05) is 13.6 Å². The van der Waals surface area contributed by atoms with E-state index in [9.17, 15) is 4.79 Å². The molecule has 1 aliphatic carbocycles. The lowest BCUT2D eigenvalue weighted by Gasteiger charge is -2.38. The molecule has 0 aromatic carbocycles. The molecular weight excluding hydrogens is 242 g/mol. The maximum atomic E-state index is 11.5. The molecule has 1 aliphatic rings. The van der Waals surface area contributed by atoms with Crippen molar-refractivity contribution in [3.8, 4) is 0 Å². The van der Waals surface area contributed by atoms with Gasteiger partial charge in [0, 0.05) is 23.4 Å². The van der Waals surface area contributed by atoms with E-state index in [1.165, 1.54) is 24.0 Å². The molecule has 2 rings (SSSR count). The summed E-state index contributed by atoms with van der Waals surface area (Å²) < 4.78 is 0. The van der Waals surface area contributed by atoms with Gasteiger partial charge in [0.2, 0.25) is 0 Å². The highest BCUT2D eigenvalue weighted by atomic mass is 32.1. The quantitative estimate of drug-likeness (QED) is 0.759. The Morgan fingerprint density at radius 3 is 3.06 bits per heavy atom. The van der Waals surface area contributed by atoms with Gasteiger partial charge in [0.15, 0.2) is 0 Å². The molecule has 0 aliphatic heterocycles. The molecule has 2 nitrogen and oxygen atoms in total. The molecule has 0 bridgehead atoms. The maximum absolute atomic E-state index is 11.5. The van der Waals surface area contributed by atoms with Crippen molar-refractivity contribution in [3.05, 3.63) is 22.4 Å². The van der Waals surface area contributed by atoms with Gasteiger partial charge in [0.1, 0.15) is 6.29 Å². The number of hydrogen-bond donors (Lipinski definition) is 0. The fraction of sp³-hybridized carbons (Fsp3) is 0.667. The second-order valence-electron chi connectivity index (χ2n) is 5.93. The summed E-state index contributed by atoms with van der Waals surface area (Å²) in [6.07, 6.45) is 5.84. The normalized spacial score (nSPS) is 28.5. The van der Waals surface area contributed by atoms with Gasteiger partial charge in [-0.1, -0.05) is 25.8 Å². The average molecular weight is 265 g/mol. The van der Waals surface area contributed by atoms with E-state index in [0.717, 1.165) is 25.9 Å². The molecule has 100 valence electrons. The number of carbonyl (C=O) groups is 1. The van der Waals surface area contributed by atoms with Crippen LogP contribution in [0, 0.1) is 11.3 Å². The minimum Gasteiger partial charge on any atom is -0.303 e. The molecule has 1 aromatic rings. The molecule has 1 heterocycles. The Labute approximate surface area is 114 Å². The van der Waals surface area contributed by atoms with Crippen LogP contribution in [-0.2, 0) is 11.3 Å². The van der Waals surface area contributed by atoms with Crippen molar-refractivity contribution in [1.82, 2.24) is 4.90 Å². The number of thiophene rings is 1. The molecule has 1 saturated carbocycles. The number of carbonyl (C=O) groups excluding carboxylic acids is 1. The van der Waals surface area contributed by atoms with Crippen LogP contribution in [0.1, 0.15) is 37.5 Å². The zero-order valence-corrected chi connectivity index (χ0v) is 12.2. The molecule has 18 heavy (non-hydrogen) atoms. The standard InChI is InChI=1S/C15H23NOS/c1-13-5-3-7-15(9-13,12-17)11-16(2)10-14-6-4-8-18-14/h4,6,8,12-13H,3,5,7,9-11H2,1-2H3. The van der Waals surface area contributed by atoms with Gasteiger partial charge in [-0.05, 0) is 37.3 Å². The summed E-state index contributed by atoms with van der Waals surface area (Å²) >= 11 is 1.79. The first-order chi connectivity index (χ1) is 8.63. The van der Waals surface area contributed by atoms with Crippen LogP contribution in [0.4, 0.5) is 0 Å². The zero-order valence-electron chi connectivity index (χ0n) is 11.4. The molecule has 0 N–H and O–H groups in total. The summed E-state index contributed by atoms with van der Waals surface area (Å²) in [5, 5.41) is 2.11. The van der Waals surface area contributed by atoms with E-state index in [2.05, 4.69) is 36.4 Å². The minimum atomic E-state index is -0.0936. The summed E-state index contributed by atoms with van der Waals surface area (Å²) in [5.74, 6) is 0.694. The van der Waals surface area contributed by atoms with Gasteiger partial charge in [0.25, 0.3) is 0 Å². The summed E-state index contributed by atoms with van der Waals surface area (Å²) in [5.41, 5.74) is -0.0936. The van der Waals surface area contributed by atoms with E-state index in [1.54, 1.807) is 11.3 Å². The van der Waals surface area contributed by atoms with Gasteiger partial charge in [0.05, 0.1) is 0 Å². The fourth-order valence-electron chi connectivity index (χ4n) is 3.25. The molecule has 2 unspecified atom stereocenters. The van der Waals surface area contributed by atoms with Crippen molar-refractivity contribution < 1.29 is 4.79 Å². The summed E-state index contributed by atoms with van der Waals surface area (Å²) in [4.78, 5) is 15.2. The van der Waals surface area contributed by atoms with Crippen LogP contribution in [0.3, 0.4) is 0 Å². The molecule has 0 spiro atoms. The lowest BCUT2D eigenvalue weighted by Crippen LogP contribution is -2.40. The molecule has 0 radical (unpaired) electrons. The van der Waals surface area contributed by atoms with Crippen LogP contribution in [0.25, 0.3) is 0 Å². The van der Waals surface area contributed by atoms with Crippen molar-refractivity contribution in [3.63, 3.8) is 0 Å². The smallest absolute Gasteiger partial charge is 0.127 e. The average Bonchev–Trinajstić information content (AvgIpc) is 2.81. The van der Waals surface area contributed by atoms with E-state index in [4.69, 9.17) is 0 Å².